The number of hydrogen-bond donors (Lipinski definition) is 1. The third-order valence-corrected chi connectivity index (χ3v) is 2.68. The monoisotopic (exact) mass is 247 g/mol. The highest BCUT2D eigenvalue weighted by atomic mass is 16.6. The molecule has 0 saturated heterocycles. The van der Waals surface area contributed by atoms with Crippen LogP contribution in [0.5, 0.6) is 0 Å². The minimum atomic E-state index is -0.372. The Bertz CT molecular complexity index is 564. The first-order chi connectivity index (χ1) is 8.58. The Hall–Kier alpha value is -2.37. The average molecular weight is 247 g/mol. The summed E-state index contributed by atoms with van der Waals surface area (Å²) in [7, 11) is 0. The van der Waals surface area contributed by atoms with Gasteiger partial charge in [-0.05, 0) is 25.5 Å². The summed E-state index contributed by atoms with van der Waals surface area (Å²) < 4.78 is 5.11. The largest absolute Gasteiger partial charge is 0.447 e. The fourth-order valence-corrected chi connectivity index (χ4v) is 1.70. The first-order valence-electron chi connectivity index (χ1n) is 5.45. The van der Waals surface area contributed by atoms with E-state index in [9.17, 15) is 10.1 Å². The zero-order valence-corrected chi connectivity index (χ0v) is 10.1. The van der Waals surface area contributed by atoms with Crippen molar-refractivity contribution in [2.24, 2.45) is 0 Å². The molecule has 0 unspecified atom stereocenters. The van der Waals surface area contributed by atoms with Crippen molar-refractivity contribution in [3.05, 3.63) is 51.7 Å². The Labute approximate surface area is 104 Å². The summed E-state index contributed by atoms with van der Waals surface area (Å²) >= 11 is 0. The van der Waals surface area contributed by atoms with Crippen molar-refractivity contribution in [2.75, 3.05) is 5.32 Å². The number of nitro groups is 1. The number of oxazole rings is 1. The number of nitro benzene ring substituents is 1. The third kappa shape index (κ3) is 2.48. The van der Waals surface area contributed by atoms with Gasteiger partial charge >= 0.3 is 0 Å². The molecule has 1 aromatic carbocycles. The Morgan fingerprint density at radius 2 is 2.17 bits per heavy atom. The van der Waals surface area contributed by atoms with E-state index in [1.165, 1.54) is 6.39 Å². The van der Waals surface area contributed by atoms with Gasteiger partial charge in [0.25, 0.3) is 5.69 Å². The summed E-state index contributed by atoms with van der Waals surface area (Å²) in [6.45, 7) is 4.05. The standard InChI is InChI=1S/C12H13N3O3/c1-8-4-12(15(16)17)9(2)3-11(8)14-6-10-5-13-7-18-10/h3-5,7,14H,6H2,1-2H3. The molecule has 0 aliphatic heterocycles. The SMILES string of the molecule is Cc1cc([N+](=O)[O-])c(C)cc1NCc1cnco1. The van der Waals surface area contributed by atoms with Gasteiger partial charge in [-0.15, -0.1) is 0 Å². The van der Waals surface area contributed by atoms with Crippen LogP contribution >= 0.6 is 0 Å². The second-order valence-corrected chi connectivity index (χ2v) is 4.03. The fraction of sp³-hybridized carbons (Fsp3) is 0.250. The van der Waals surface area contributed by atoms with Crippen LogP contribution in [0.15, 0.2) is 29.1 Å². The molecule has 1 heterocycles. The van der Waals surface area contributed by atoms with E-state index in [4.69, 9.17) is 4.42 Å². The van der Waals surface area contributed by atoms with Gasteiger partial charge in [0.1, 0.15) is 5.76 Å². The first-order valence-corrected chi connectivity index (χ1v) is 5.45. The fourth-order valence-electron chi connectivity index (χ4n) is 1.70. The number of anilines is 1. The van der Waals surface area contributed by atoms with Crippen LogP contribution in [0.4, 0.5) is 11.4 Å². The molecule has 6 nitrogen and oxygen atoms in total. The number of nitrogens with zero attached hydrogens (tertiary/aromatic N) is 2. The lowest BCUT2D eigenvalue weighted by Gasteiger charge is -2.09. The Balaban J connectivity index is 2.19. The average Bonchev–Trinajstić information content (AvgIpc) is 2.82. The van der Waals surface area contributed by atoms with Crippen molar-refractivity contribution in [1.82, 2.24) is 4.98 Å². The minimum absolute atomic E-state index is 0.137. The summed E-state index contributed by atoms with van der Waals surface area (Å²) in [6.07, 6.45) is 2.99. The Kier molecular flexibility index (Phi) is 3.27. The Morgan fingerprint density at radius 3 is 2.78 bits per heavy atom. The van der Waals surface area contributed by atoms with Gasteiger partial charge in [0.05, 0.1) is 17.7 Å². The lowest BCUT2D eigenvalue weighted by molar-refractivity contribution is -0.385. The molecule has 0 fully saturated rings. The maximum absolute atomic E-state index is 10.8. The maximum Gasteiger partial charge on any atom is 0.272 e. The molecule has 0 spiro atoms. The van der Waals surface area contributed by atoms with Crippen molar-refractivity contribution in [3.63, 3.8) is 0 Å². The summed E-state index contributed by atoms with van der Waals surface area (Å²) in [4.78, 5) is 14.2. The number of hydrogen-bond acceptors (Lipinski definition) is 5. The lowest BCUT2D eigenvalue weighted by atomic mass is 10.1. The van der Waals surface area contributed by atoms with E-state index >= 15 is 0 Å². The quantitative estimate of drug-likeness (QED) is 0.663. The predicted octanol–water partition coefficient (Wildman–Crippen LogP) is 2.81. The van der Waals surface area contributed by atoms with E-state index in [1.54, 1.807) is 25.3 Å². The second kappa shape index (κ2) is 4.87. The van der Waals surface area contributed by atoms with E-state index in [2.05, 4.69) is 10.3 Å². The molecule has 0 aliphatic rings. The highest BCUT2D eigenvalue weighted by Gasteiger charge is 2.13. The normalized spacial score (nSPS) is 10.3. The van der Waals surface area contributed by atoms with Crippen molar-refractivity contribution < 1.29 is 9.34 Å². The van der Waals surface area contributed by atoms with E-state index in [0.717, 1.165) is 11.3 Å². The van der Waals surface area contributed by atoms with Crippen LogP contribution in [0.3, 0.4) is 0 Å². The van der Waals surface area contributed by atoms with Gasteiger partial charge in [-0.25, -0.2) is 4.98 Å². The van der Waals surface area contributed by atoms with E-state index < -0.39 is 0 Å². The first kappa shape index (κ1) is 12.1. The molecule has 1 N–H and O–H groups in total. The zero-order chi connectivity index (χ0) is 13.1. The molecule has 94 valence electrons. The lowest BCUT2D eigenvalue weighted by Crippen LogP contribution is -2.02. The van der Waals surface area contributed by atoms with Gasteiger partial charge < -0.3 is 9.73 Å². The number of aryl methyl sites for hydroxylation is 2. The van der Waals surface area contributed by atoms with Crippen LogP contribution in [0, 0.1) is 24.0 Å². The van der Waals surface area contributed by atoms with Gasteiger partial charge in [0.15, 0.2) is 6.39 Å². The summed E-state index contributed by atoms with van der Waals surface area (Å²) in [6, 6.07) is 3.34. The number of rotatable bonds is 4. The highest BCUT2D eigenvalue weighted by Crippen LogP contribution is 2.26. The topological polar surface area (TPSA) is 81.2 Å². The van der Waals surface area contributed by atoms with Crippen molar-refractivity contribution in [3.8, 4) is 0 Å². The van der Waals surface area contributed by atoms with E-state index in [0.29, 0.717) is 17.9 Å². The van der Waals surface area contributed by atoms with Crippen LogP contribution in [0.2, 0.25) is 0 Å². The zero-order valence-electron chi connectivity index (χ0n) is 10.1. The molecular formula is C12H13N3O3. The van der Waals surface area contributed by atoms with Gasteiger partial charge in [-0.1, -0.05) is 0 Å². The molecule has 2 rings (SSSR count). The number of benzene rings is 1. The Morgan fingerprint density at radius 1 is 1.39 bits per heavy atom. The van der Waals surface area contributed by atoms with Crippen LogP contribution in [0.1, 0.15) is 16.9 Å². The molecule has 0 radical (unpaired) electrons. The van der Waals surface area contributed by atoms with Crippen molar-refractivity contribution in [1.29, 1.82) is 0 Å². The predicted molar refractivity (Wildman–Crippen MR) is 66.4 cm³/mol. The molecule has 0 atom stereocenters. The third-order valence-electron chi connectivity index (χ3n) is 2.68. The molecule has 0 aliphatic carbocycles. The van der Waals surface area contributed by atoms with Crippen LogP contribution < -0.4 is 5.32 Å². The van der Waals surface area contributed by atoms with Gasteiger partial charge in [0.2, 0.25) is 0 Å². The molecule has 0 bridgehead atoms. The van der Waals surface area contributed by atoms with Gasteiger partial charge in [-0.3, -0.25) is 10.1 Å². The molecule has 18 heavy (non-hydrogen) atoms. The smallest absolute Gasteiger partial charge is 0.272 e. The van der Waals surface area contributed by atoms with Gasteiger partial charge in [0, 0.05) is 17.3 Å². The molecule has 0 amide bonds. The highest BCUT2D eigenvalue weighted by molar-refractivity contribution is 5.59. The summed E-state index contributed by atoms with van der Waals surface area (Å²) in [5.41, 5.74) is 2.45. The molecular weight excluding hydrogens is 234 g/mol. The van der Waals surface area contributed by atoms with E-state index in [1.807, 2.05) is 6.92 Å². The van der Waals surface area contributed by atoms with Gasteiger partial charge in [-0.2, -0.15) is 0 Å². The molecule has 6 heteroatoms. The minimum Gasteiger partial charge on any atom is -0.447 e. The number of nitrogens with one attached hydrogen (secondary N) is 1. The summed E-state index contributed by atoms with van der Waals surface area (Å²) in [5.74, 6) is 0.713. The van der Waals surface area contributed by atoms with E-state index in [-0.39, 0.29) is 10.6 Å². The molecule has 1 aromatic heterocycles. The van der Waals surface area contributed by atoms with Crippen molar-refractivity contribution >= 4 is 11.4 Å². The second-order valence-electron chi connectivity index (χ2n) is 4.03. The van der Waals surface area contributed by atoms with Crippen LogP contribution in [0.25, 0.3) is 0 Å². The van der Waals surface area contributed by atoms with Crippen LogP contribution in [-0.2, 0) is 6.54 Å². The number of aromatic nitrogens is 1. The molecule has 2 aromatic rings. The van der Waals surface area contributed by atoms with Crippen LogP contribution in [-0.4, -0.2) is 9.91 Å². The van der Waals surface area contributed by atoms with Crippen molar-refractivity contribution in [2.45, 2.75) is 20.4 Å². The summed E-state index contributed by atoms with van der Waals surface area (Å²) in [5, 5.41) is 14.0. The maximum atomic E-state index is 10.8. The molecule has 0 saturated carbocycles.